The molecule has 0 saturated carbocycles. The molecular weight excluding hydrogens is 374 g/mol. The molecule has 3 heterocycles. The van der Waals surface area contributed by atoms with Crippen LogP contribution in [0.3, 0.4) is 0 Å². The molecule has 8 heteroatoms. The first-order valence-corrected chi connectivity index (χ1v) is 10.3. The monoisotopic (exact) mass is 401 g/mol. The normalized spacial score (nSPS) is 28.6. The topological polar surface area (TPSA) is 97.0 Å². The maximum atomic E-state index is 12.8. The number of amides is 3. The number of ether oxygens (including phenoxy) is 2. The van der Waals surface area contributed by atoms with Crippen LogP contribution in [0.25, 0.3) is 0 Å². The average molecular weight is 401 g/mol. The fourth-order valence-electron chi connectivity index (χ4n) is 4.26. The fraction of sp³-hybridized carbons (Fsp3) is 0.571. The number of nitrogens with one attached hydrogen (secondary N) is 2. The predicted octanol–water partition coefficient (Wildman–Crippen LogP) is 0.991. The molecule has 2 fully saturated rings. The van der Waals surface area contributed by atoms with Gasteiger partial charge in [0.05, 0.1) is 6.42 Å². The highest BCUT2D eigenvalue weighted by Gasteiger charge is 2.34. The zero-order valence-electron chi connectivity index (χ0n) is 16.6. The minimum Gasteiger partial charge on any atom is -0.486 e. The molecule has 0 spiro atoms. The van der Waals surface area contributed by atoms with Gasteiger partial charge in [-0.15, -0.1) is 0 Å². The smallest absolute Gasteiger partial charge is 0.242 e. The summed E-state index contributed by atoms with van der Waals surface area (Å²) in [6.07, 6.45) is 2.32. The van der Waals surface area contributed by atoms with Crippen molar-refractivity contribution in [2.45, 2.75) is 63.3 Å². The Bertz CT molecular complexity index is 798. The second kappa shape index (κ2) is 8.31. The van der Waals surface area contributed by atoms with Gasteiger partial charge >= 0.3 is 0 Å². The molecule has 29 heavy (non-hydrogen) atoms. The van der Waals surface area contributed by atoms with Gasteiger partial charge in [-0.1, -0.05) is 12.1 Å². The van der Waals surface area contributed by atoms with Gasteiger partial charge in [-0.3, -0.25) is 14.4 Å². The van der Waals surface area contributed by atoms with E-state index in [1.807, 2.05) is 36.1 Å². The van der Waals surface area contributed by atoms with Gasteiger partial charge in [0.2, 0.25) is 17.7 Å². The number of fused-ring (bicyclic) bond motifs is 1. The Kier molecular flexibility index (Phi) is 5.60. The van der Waals surface area contributed by atoms with E-state index in [1.165, 1.54) is 0 Å². The molecule has 0 radical (unpaired) electrons. The van der Waals surface area contributed by atoms with E-state index < -0.39 is 6.04 Å². The summed E-state index contributed by atoms with van der Waals surface area (Å²) in [7, 11) is 0. The van der Waals surface area contributed by atoms with Gasteiger partial charge in [0.15, 0.2) is 11.5 Å². The molecule has 4 atom stereocenters. The van der Waals surface area contributed by atoms with Crippen molar-refractivity contribution in [3.05, 3.63) is 24.3 Å². The van der Waals surface area contributed by atoms with Crippen LogP contribution in [0, 0.1) is 0 Å². The van der Waals surface area contributed by atoms with E-state index in [0.29, 0.717) is 50.3 Å². The van der Waals surface area contributed by atoms with Crippen LogP contribution in [0.15, 0.2) is 24.3 Å². The quantitative estimate of drug-likeness (QED) is 0.784. The Hall–Kier alpha value is -2.77. The summed E-state index contributed by atoms with van der Waals surface area (Å²) in [5.41, 5.74) is 0. The van der Waals surface area contributed by atoms with E-state index in [2.05, 4.69) is 10.6 Å². The third kappa shape index (κ3) is 4.46. The molecule has 8 nitrogen and oxygen atoms in total. The number of hydrogen-bond donors (Lipinski definition) is 2. The van der Waals surface area contributed by atoms with Crippen LogP contribution in [0.1, 0.15) is 39.0 Å². The van der Waals surface area contributed by atoms with E-state index in [-0.39, 0.29) is 42.3 Å². The minimum absolute atomic E-state index is 0.0141. The first-order valence-electron chi connectivity index (χ1n) is 10.3. The Morgan fingerprint density at radius 2 is 2.03 bits per heavy atom. The molecular formula is C21H27N3O5. The van der Waals surface area contributed by atoms with Crippen LogP contribution in [0.2, 0.25) is 0 Å². The number of carbonyl (C=O) groups excluding carboxylic acids is 3. The van der Waals surface area contributed by atoms with E-state index >= 15 is 0 Å². The van der Waals surface area contributed by atoms with E-state index in [1.54, 1.807) is 0 Å². The van der Waals surface area contributed by atoms with Crippen LogP contribution < -0.4 is 20.1 Å². The van der Waals surface area contributed by atoms with E-state index in [4.69, 9.17) is 9.47 Å². The lowest BCUT2D eigenvalue weighted by Crippen LogP contribution is -2.54. The van der Waals surface area contributed by atoms with Crippen LogP contribution in [0.4, 0.5) is 0 Å². The number of benzene rings is 1. The molecule has 0 aliphatic carbocycles. The molecule has 4 unspecified atom stereocenters. The number of rotatable bonds is 4. The van der Waals surface area contributed by atoms with Crippen LogP contribution in [-0.4, -0.2) is 60.0 Å². The zero-order valence-corrected chi connectivity index (χ0v) is 16.6. The van der Waals surface area contributed by atoms with Gasteiger partial charge < -0.3 is 25.0 Å². The molecule has 1 aromatic carbocycles. The molecule has 4 rings (SSSR count). The minimum atomic E-state index is -0.427. The van der Waals surface area contributed by atoms with Crippen molar-refractivity contribution in [1.29, 1.82) is 0 Å². The number of hydrogen-bond acceptors (Lipinski definition) is 5. The third-order valence-electron chi connectivity index (χ3n) is 5.82. The van der Waals surface area contributed by atoms with Crippen molar-refractivity contribution >= 4 is 17.7 Å². The number of carbonyl (C=O) groups is 3. The highest BCUT2D eigenvalue weighted by Crippen LogP contribution is 2.32. The number of para-hydroxylation sites is 2. The summed E-state index contributed by atoms with van der Waals surface area (Å²) in [4.78, 5) is 38.3. The second-order valence-electron chi connectivity index (χ2n) is 8.03. The summed E-state index contributed by atoms with van der Waals surface area (Å²) in [6, 6.07) is 7.07. The largest absolute Gasteiger partial charge is 0.486 e. The van der Waals surface area contributed by atoms with Gasteiger partial charge in [-0.2, -0.15) is 0 Å². The molecule has 1 aromatic rings. The lowest BCUT2D eigenvalue weighted by molar-refractivity contribution is -0.137. The molecule has 2 saturated heterocycles. The second-order valence-corrected chi connectivity index (χ2v) is 8.03. The summed E-state index contributed by atoms with van der Waals surface area (Å²) in [5, 5.41) is 5.72. The Morgan fingerprint density at radius 3 is 2.76 bits per heavy atom. The van der Waals surface area contributed by atoms with E-state index in [9.17, 15) is 14.4 Å². The van der Waals surface area contributed by atoms with Gasteiger partial charge in [0.25, 0.3) is 0 Å². The molecule has 0 aromatic heterocycles. The Labute approximate surface area is 169 Å². The highest BCUT2D eigenvalue weighted by molar-refractivity contribution is 5.90. The Balaban J connectivity index is 1.26. The number of piperidine rings is 1. The first kappa shape index (κ1) is 19.5. The van der Waals surface area contributed by atoms with Crippen molar-refractivity contribution in [2.24, 2.45) is 0 Å². The first-order chi connectivity index (χ1) is 14.0. The number of nitrogens with zero attached hydrogens (tertiary/aromatic N) is 1. The highest BCUT2D eigenvalue weighted by atomic mass is 16.6. The summed E-state index contributed by atoms with van der Waals surface area (Å²) in [5.74, 6) is 1.22. The molecule has 156 valence electrons. The molecule has 3 amide bonds. The van der Waals surface area contributed by atoms with Gasteiger partial charge in [0, 0.05) is 25.0 Å². The van der Waals surface area contributed by atoms with E-state index in [0.717, 1.165) is 0 Å². The molecule has 2 N–H and O–H groups in total. The standard InChI is InChI=1S/C21H27N3O5/c1-13-10-14(22-21(27)16-6-7-19(25)23-16)8-9-24(13)20(26)11-15-12-28-17-4-2-3-5-18(17)29-15/h2-5,13-16H,6-12H2,1H3,(H,22,27)(H,23,25). The van der Waals surface area contributed by atoms with Crippen molar-refractivity contribution in [1.82, 2.24) is 15.5 Å². The summed E-state index contributed by atoms with van der Waals surface area (Å²) < 4.78 is 11.6. The maximum Gasteiger partial charge on any atom is 0.242 e. The van der Waals surface area contributed by atoms with Crippen LogP contribution in [-0.2, 0) is 14.4 Å². The predicted molar refractivity (Wildman–Crippen MR) is 104 cm³/mol. The van der Waals surface area contributed by atoms with Crippen LogP contribution in [0.5, 0.6) is 11.5 Å². The van der Waals surface area contributed by atoms with Crippen molar-refractivity contribution in [3.8, 4) is 11.5 Å². The molecule has 3 aliphatic heterocycles. The van der Waals surface area contributed by atoms with Crippen molar-refractivity contribution < 1.29 is 23.9 Å². The average Bonchev–Trinajstić information content (AvgIpc) is 3.14. The van der Waals surface area contributed by atoms with Gasteiger partial charge in [-0.25, -0.2) is 0 Å². The van der Waals surface area contributed by atoms with Crippen molar-refractivity contribution in [3.63, 3.8) is 0 Å². The van der Waals surface area contributed by atoms with Gasteiger partial charge in [-0.05, 0) is 38.3 Å². The molecule has 0 bridgehead atoms. The summed E-state index contributed by atoms with van der Waals surface area (Å²) in [6.45, 7) is 2.95. The van der Waals surface area contributed by atoms with Crippen molar-refractivity contribution in [2.75, 3.05) is 13.2 Å². The number of likely N-dealkylation sites (tertiary alicyclic amines) is 1. The summed E-state index contributed by atoms with van der Waals surface area (Å²) >= 11 is 0. The fourth-order valence-corrected chi connectivity index (χ4v) is 4.26. The van der Waals surface area contributed by atoms with Crippen LogP contribution >= 0.6 is 0 Å². The third-order valence-corrected chi connectivity index (χ3v) is 5.82. The lowest BCUT2D eigenvalue weighted by atomic mass is 9.97. The Morgan fingerprint density at radius 1 is 1.24 bits per heavy atom. The lowest BCUT2D eigenvalue weighted by Gasteiger charge is -2.39. The zero-order chi connectivity index (χ0) is 20.4. The molecule has 3 aliphatic rings. The van der Waals surface area contributed by atoms with Gasteiger partial charge in [0.1, 0.15) is 18.8 Å². The SMILES string of the molecule is CC1CC(NC(=O)C2CCC(=O)N2)CCN1C(=O)CC1COc2ccccc2O1. The maximum absolute atomic E-state index is 12.8.